The van der Waals surface area contributed by atoms with E-state index in [0.717, 1.165) is 23.0 Å². The number of anilines is 1. The maximum Gasteiger partial charge on any atom is 0.337 e. The number of nitrogens with zero attached hydrogens (tertiary/aromatic N) is 3. The highest BCUT2D eigenvalue weighted by atomic mass is 35.5. The number of non-ortho nitro benzene ring substituents is 1. The molecule has 0 spiro atoms. The first-order valence-corrected chi connectivity index (χ1v) is 12.9. The van der Waals surface area contributed by atoms with E-state index >= 15 is 0 Å². The Morgan fingerprint density at radius 3 is 2.64 bits per heavy atom. The minimum Gasteiger partial charge on any atom is -0.492 e. The van der Waals surface area contributed by atoms with E-state index in [4.69, 9.17) is 21.1 Å². The van der Waals surface area contributed by atoms with E-state index in [1.807, 2.05) is 37.2 Å². The lowest BCUT2D eigenvalue weighted by atomic mass is 9.94. The van der Waals surface area contributed by atoms with E-state index in [1.54, 1.807) is 18.2 Å². The number of hydrogen-bond donors (Lipinski definition) is 1. The minimum absolute atomic E-state index is 0.199. The maximum atomic E-state index is 13.8. The predicted molar refractivity (Wildman–Crippen MR) is 149 cm³/mol. The molecular formula is C28H27ClN4O6. The van der Waals surface area contributed by atoms with Gasteiger partial charge in [-0.05, 0) is 61.4 Å². The molecular weight excluding hydrogens is 524 g/mol. The summed E-state index contributed by atoms with van der Waals surface area (Å²) in [7, 11) is 5.19. The average molecular weight is 551 g/mol. The second kappa shape index (κ2) is 10.5. The number of methoxy groups -OCH3 is 1. The molecule has 1 N–H and O–H groups in total. The maximum absolute atomic E-state index is 13.8. The number of nitrogens with one attached hydrogen (secondary N) is 1. The zero-order chi connectivity index (χ0) is 27.8. The van der Waals surface area contributed by atoms with Gasteiger partial charge in [0.15, 0.2) is 0 Å². The molecule has 3 aromatic carbocycles. The molecule has 4 aromatic rings. The molecule has 0 radical (unpaired) electrons. The van der Waals surface area contributed by atoms with Crippen molar-refractivity contribution in [3.63, 3.8) is 0 Å². The fourth-order valence-corrected chi connectivity index (χ4v) is 5.25. The van der Waals surface area contributed by atoms with Crippen molar-refractivity contribution in [3.05, 3.63) is 75.5 Å². The van der Waals surface area contributed by atoms with Crippen LogP contribution in [-0.2, 0) is 4.74 Å². The Bertz CT molecular complexity index is 1610. The van der Waals surface area contributed by atoms with Crippen LogP contribution in [0.1, 0.15) is 32.3 Å². The van der Waals surface area contributed by atoms with Crippen LogP contribution in [0.4, 0.5) is 11.4 Å². The zero-order valence-electron chi connectivity index (χ0n) is 21.7. The van der Waals surface area contributed by atoms with Crippen LogP contribution in [-0.4, -0.2) is 73.5 Å². The Kier molecular flexibility index (Phi) is 7.16. The van der Waals surface area contributed by atoms with Gasteiger partial charge < -0.3 is 24.3 Å². The van der Waals surface area contributed by atoms with Gasteiger partial charge in [0, 0.05) is 41.9 Å². The summed E-state index contributed by atoms with van der Waals surface area (Å²) in [5.41, 5.74) is 2.28. The second-order valence-corrected chi connectivity index (χ2v) is 10.00. The summed E-state index contributed by atoms with van der Waals surface area (Å²) in [6, 6.07) is 13.4. The van der Waals surface area contributed by atoms with Crippen LogP contribution >= 0.6 is 11.6 Å². The normalized spacial score (nSPS) is 14.7. The van der Waals surface area contributed by atoms with Gasteiger partial charge in [0.05, 0.1) is 28.7 Å². The van der Waals surface area contributed by atoms with Crippen molar-refractivity contribution >= 4 is 56.5 Å². The van der Waals surface area contributed by atoms with E-state index < -0.39 is 10.9 Å². The third kappa shape index (κ3) is 4.88. The lowest BCUT2D eigenvalue weighted by Gasteiger charge is -2.17. The number of carbonyl (C=O) groups is 2. The molecule has 0 fully saturated rings. The number of nitro groups is 1. The highest BCUT2D eigenvalue weighted by Crippen LogP contribution is 2.46. The monoisotopic (exact) mass is 550 g/mol. The predicted octanol–water partition coefficient (Wildman–Crippen LogP) is 4.94. The van der Waals surface area contributed by atoms with Crippen LogP contribution in [0.3, 0.4) is 0 Å². The fourth-order valence-electron chi connectivity index (χ4n) is 5.00. The Labute approximate surface area is 229 Å². The molecule has 0 saturated carbocycles. The third-order valence-corrected chi connectivity index (χ3v) is 7.29. The van der Waals surface area contributed by atoms with Crippen molar-refractivity contribution in [2.45, 2.75) is 5.92 Å². The van der Waals surface area contributed by atoms with Crippen molar-refractivity contribution in [2.24, 2.45) is 0 Å². The van der Waals surface area contributed by atoms with Gasteiger partial charge in [-0.3, -0.25) is 14.9 Å². The quantitative estimate of drug-likeness (QED) is 0.143. The van der Waals surface area contributed by atoms with Gasteiger partial charge in [-0.2, -0.15) is 0 Å². The van der Waals surface area contributed by atoms with Crippen molar-refractivity contribution in [1.29, 1.82) is 0 Å². The molecule has 0 aliphatic carbocycles. The summed E-state index contributed by atoms with van der Waals surface area (Å²) in [5, 5.41) is 13.7. The summed E-state index contributed by atoms with van der Waals surface area (Å²) in [6.07, 6.45) is 0. The van der Waals surface area contributed by atoms with Gasteiger partial charge in [0.25, 0.3) is 11.6 Å². The fraction of sp³-hybridized carbons (Fsp3) is 0.286. The number of halogens is 1. The number of esters is 1. The average Bonchev–Trinajstić information content (AvgIpc) is 3.52. The number of aromatic nitrogens is 1. The number of amides is 1. The standard InChI is InChI=1S/C28H27ClN4O6/c1-31(2)8-9-39-19-5-7-22-17(10-19)12-23(30-22)27(34)32-15-18(14-29)26-20-6-4-16(28(35)38-3)11-21(20)24(33(36)37)13-25(26)32/h4-7,10-13,18,30H,8-9,14-15H2,1-3H3. The molecule has 10 nitrogen and oxygen atoms in total. The van der Waals surface area contributed by atoms with Crippen molar-refractivity contribution < 1.29 is 24.0 Å². The second-order valence-electron chi connectivity index (χ2n) is 9.69. The number of H-pyrrole nitrogens is 1. The molecule has 5 rings (SSSR count). The van der Waals surface area contributed by atoms with Crippen LogP contribution in [0.25, 0.3) is 21.7 Å². The molecule has 1 aliphatic rings. The molecule has 0 saturated heterocycles. The van der Waals surface area contributed by atoms with Gasteiger partial charge in [0.1, 0.15) is 18.1 Å². The van der Waals surface area contributed by atoms with Gasteiger partial charge >= 0.3 is 5.97 Å². The lowest BCUT2D eigenvalue weighted by molar-refractivity contribution is -0.383. The molecule has 0 bridgehead atoms. The van der Waals surface area contributed by atoms with Crippen LogP contribution in [0.15, 0.2) is 48.5 Å². The first-order valence-electron chi connectivity index (χ1n) is 12.3. The van der Waals surface area contributed by atoms with Crippen molar-refractivity contribution in [3.8, 4) is 5.75 Å². The first-order chi connectivity index (χ1) is 18.7. The largest absolute Gasteiger partial charge is 0.492 e. The highest BCUT2D eigenvalue weighted by molar-refractivity contribution is 6.19. The number of hydrogen-bond acceptors (Lipinski definition) is 7. The molecule has 11 heteroatoms. The highest BCUT2D eigenvalue weighted by Gasteiger charge is 2.37. The molecule has 1 unspecified atom stereocenters. The topological polar surface area (TPSA) is 118 Å². The number of fused-ring (bicyclic) bond motifs is 4. The lowest BCUT2D eigenvalue weighted by Crippen LogP contribution is -2.30. The van der Waals surface area contributed by atoms with E-state index in [0.29, 0.717) is 34.5 Å². The number of alkyl halides is 1. The van der Waals surface area contributed by atoms with Gasteiger partial charge in [-0.1, -0.05) is 6.07 Å². The Hall–Kier alpha value is -4.15. The van der Waals surface area contributed by atoms with Crippen LogP contribution in [0.5, 0.6) is 5.75 Å². The zero-order valence-corrected chi connectivity index (χ0v) is 22.4. The molecule has 1 aliphatic heterocycles. The van der Waals surface area contributed by atoms with Crippen LogP contribution in [0.2, 0.25) is 0 Å². The van der Waals surface area contributed by atoms with Gasteiger partial charge in [-0.25, -0.2) is 4.79 Å². The van der Waals surface area contributed by atoms with Gasteiger partial charge in [-0.15, -0.1) is 11.6 Å². The van der Waals surface area contributed by atoms with Crippen molar-refractivity contribution in [2.75, 3.05) is 51.7 Å². The number of ether oxygens (including phenoxy) is 2. The van der Waals surface area contributed by atoms with E-state index in [1.165, 1.54) is 24.1 Å². The summed E-state index contributed by atoms with van der Waals surface area (Å²) >= 11 is 6.33. The van der Waals surface area contributed by atoms with E-state index in [2.05, 4.69) is 4.98 Å². The molecule has 39 heavy (non-hydrogen) atoms. The number of likely N-dealkylation sites (N-methyl/N-ethyl adjacent to an activating group) is 1. The third-order valence-electron chi connectivity index (χ3n) is 6.92. The Morgan fingerprint density at radius 2 is 1.95 bits per heavy atom. The smallest absolute Gasteiger partial charge is 0.337 e. The molecule has 1 aromatic heterocycles. The van der Waals surface area contributed by atoms with E-state index in [-0.39, 0.29) is 35.5 Å². The van der Waals surface area contributed by atoms with Gasteiger partial charge in [0.2, 0.25) is 0 Å². The van der Waals surface area contributed by atoms with E-state index in [9.17, 15) is 19.7 Å². The number of carbonyl (C=O) groups excluding carboxylic acids is 2. The first kappa shape index (κ1) is 26.5. The molecule has 2 heterocycles. The summed E-state index contributed by atoms with van der Waals surface area (Å²) in [4.78, 5) is 44.1. The Balaban J connectivity index is 1.54. The molecule has 202 valence electrons. The molecule has 1 atom stereocenters. The van der Waals surface area contributed by atoms with Crippen molar-refractivity contribution in [1.82, 2.24) is 9.88 Å². The summed E-state index contributed by atoms with van der Waals surface area (Å²) < 4.78 is 10.6. The molecule has 1 amide bonds. The van der Waals surface area contributed by atoms with Crippen LogP contribution < -0.4 is 9.64 Å². The summed E-state index contributed by atoms with van der Waals surface area (Å²) in [5.74, 6) is -0.260. The number of nitro benzene ring substituents is 1. The SMILES string of the molecule is COC(=O)c1ccc2c3c(cc([N+](=O)[O-])c2c1)N(C(=O)c1cc2cc(OCCN(C)C)ccc2[nH]1)CC3CCl. The number of rotatable bonds is 8. The number of benzene rings is 3. The number of aromatic amines is 1. The Morgan fingerprint density at radius 1 is 1.15 bits per heavy atom. The van der Waals surface area contributed by atoms with Crippen LogP contribution in [0, 0.1) is 10.1 Å². The summed E-state index contributed by atoms with van der Waals surface area (Å²) in [6.45, 7) is 1.57. The minimum atomic E-state index is -0.595.